The van der Waals surface area contributed by atoms with Gasteiger partial charge in [0.1, 0.15) is 0 Å². The highest BCUT2D eigenvalue weighted by Gasteiger charge is 2.26. The molecule has 1 aliphatic rings. The van der Waals surface area contributed by atoms with Crippen LogP contribution in [0.5, 0.6) is 0 Å². The Kier molecular flexibility index (Phi) is 6.65. The van der Waals surface area contributed by atoms with E-state index in [9.17, 15) is 4.79 Å². The number of rotatable bonds is 6. The summed E-state index contributed by atoms with van der Waals surface area (Å²) in [5.41, 5.74) is 0. The molecule has 1 fully saturated rings. The van der Waals surface area contributed by atoms with Crippen LogP contribution in [-0.2, 0) is 9.53 Å². The van der Waals surface area contributed by atoms with Crippen LogP contribution in [0.4, 0.5) is 0 Å². The first kappa shape index (κ1) is 15.4. The lowest BCUT2D eigenvalue weighted by atomic mass is 9.90. The van der Waals surface area contributed by atoms with E-state index in [1.807, 2.05) is 4.90 Å². The Morgan fingerprint density at radius 1 is 1.50 bits per heavy atom. The van der Waals surface area contributed by atoms with Crippen LogP contribution in [0.2, 0.25) is 0 Å². The van der Waals surface area contributed by atoms with E-state index in [-0.39, 0.29) is 11.9 Å². The first-order valence-electron chi connectivity index (χ1n) is 7.08. The predicted octanol–water partition coefficient (Wildman–Crippen LogP) is 1.65. The van der Waals surface area contributed by atoms with Gasteiger partial charge in [-0.2, -0.15) is 0 Å². The normalized spacial score (nSPS) is 24.3. The average molecular weight is 256 g/mol. The Balaban J connectivity index is 2.49. The molecule has 0 aromatic heterocycles. The summed E-state index contributed by atoms with van der Waals surface area (Å²) in [6.45, 7) is 8.70. The Morgan fingerprint density at radius 3 is 2.78 bits per heavy atom. The number of hydrogen-bond acceptors (Lipinski definition) is 3. The van der Waals surface area contributed by atoms with Crippen LogP contribution >= 0.6 is 0 Å². The van der Waals surface area contributed by atoms with Gasteiger partial charge in [-0.15, -0.1) is 0 Å². The van der Waals surface area contributed by atoms with E-state index in [0.29, 0.717) is 31.5 Å². The number of ether oxygens (including phenoxy) is 1. The van der Waals surface area contributed by atoms with Crippen molar-refractivity contribution in [1.29, 1.82) is 0 Å². The molecule has 1 saturated heterocycles. The number of amides is 1. The van der Waals surface area contributed by atoms with Gasteiger partial charge in [-0.25, -0.2) is 0 Å². The van der Waals surface area contributed by atoms with Gasteiger partial charge in [0.15, 0.2) is 0 Å². The van der Waals surface area contributed by atoms with Crippen molar-refractivity contribution in [2.24, 2.45) is 5.92 Å². The van der Waals surface area contributed by atoms with Gasteiger partial charge in [-0.05, 0) is 39.2 Å². The highest BCUT2D eigenvalue weighted by atomic mass is 16.5. The quantitative estimate of drug-likeness (QED) is 0.785. The van der Waals surface area contributed by atoms with Crippen molar-refractivity contribution in [3.63, 3.8) is 0 Å². The zero-order valence-electron chi connectivity index (χ0n) is 12.2. The maximum absolute atomic E-state index is 12.3. The summed E-state index contributed by atoms with van der Waals surface area (Å²) in [6, 6.07) is 0.585. The molecule has 106 valence electrons. The molecule has 1 N–H and O–H groups in total. The Bertz CT molecular complexity index is 256. The molecular weight excluding hydrogens is 228 g/mol. The van der Waals surface area contributed by atoms with Gasteiger partial charge < -0.3 is 15.0 Å². The number of piperidine rings is 1. The molecule has 0 spiro atoms. The molecule has 0 aliphatic carbocycles. The van der Waals surface area contributed by atoms with Gasteiger partial charge in [-0.3, -0.25) is 4.79 Å². The van der Waals surface area contributed by atoms with Crippen LogP contribution in [0.3, 0.4) is 0 Å². The van der Waals surface area contributed by atoms with Crippen LogP contribution in [0.15, 0.2) is 0 Å². The van der Waals surface area contributed by atoms with Gasteiger partial charge in [0.2, 0.25) is 5.91 Å². The molecule has 4 heteroatoms. The summed E-state index contributed by atoms with van der Waals surface area (Å²) < 4.78 is 5.07. The number of methoxy groups -OCH3 is 1. The second-order valence-electron chi connectivity index (χ2n) is 5.56. The molecule has 0 radical (unpaired) electrons. The minimum atomic E-state index is 0.242. The molecule has 2 unspecified atom stereocenters. The van der Waals surface area contributed by atoms with Crippen molar-refractivity contribution in [3.8, 4) is 0 Å². The highest BCUT2D eigenvalue weighted by molar-refractivity contribution is 5.77. The Hall–Kier alpha value is -0.610. The fourth-order valence-electron chi connectivity index (χ4n) is 2.55. The predicted molar refractivity (Wildman–Crippen MR) is 73.5 cm³/mol. The molecule has 0 aromatic rings. The third-order valence-corrected chi connectivity index (χ3v) is 3.80. The minimum absolute atomic E-state index is 0.242. The molecule has 0 bridgehead atoms. The minimum Gasteiger partial charge on any atom is -0.383 e. The van der Waals surface area contributed by atoms with Crippen LogP contribution in [0.25, 0.3) is 0 Å². The number of carbonyl (C=O) groups excluding carboxylic acids is 1. The number of hydrogen-bond donors (Lipinski definition) is 1. The Morgan fingerprint density at radius 2 is 2.22 bits per heavy atom. The highest BCUT2D eigenvalue weighted by Crippen LogP contribution is 2.19. The third-order valence-electron chi connectivity index (χ3n) is 3.80. The zero-order chi connectivity index (χ0) is 13.5. The van der Waals surface area contributed by atoms with Crippen LogP contribution in [0.1, 0.15) is 40.0 Å². The van der Waals surface area contributed by atoms with Gasteiger partial charge in [0, 0.05) is 32.2 Å². The molecule has 2 atom stereocenters. The summed E-state index contributed by atoms with van der Waals surface area (Å²) >= 11 is 0. The molecule has 1 amide bonds. The third kappa shape index (κ3) is 4.58. The first-order valence-corrected chi connectivity index (χ1v) is 7.08. The van der Waals surface area contributed by atoms with Gasteiger partial charge in [0.25, 0.3) is 0 Å². The van der Waals surface area contributed by atoms with E-state index in [0.717, 1.165) is 6.54 Å². The number of nitrogens with zero attached hydrogens (tertiary/aromatic N) is 1. The second kappa shape index (κ2) is 7.74. The first-order chi connectivity index (χ1) is 8.56. The summed E-state index contributed by atoms with van der Waals surface area (Å²) in [7, 11) is 1.67. The fourth-order valence-corrected chi connectivity index (χ4v) is 2.55. The lowest BCUT2D eigenvalue weighted by molar-refractivity contribution is -0.134. The van der Waals surface area contributed by atoms with E-state index in [1.54, 1.807) is 7.11 Å². The molecule has 0 saturated carbocycles. The maximum Gasteiger partial charge on any atom is 0.224 e. The molecule has 1 rings (SSSR count). The van der Waals surface area contributed by atoms with Crippen LogP contribution < -0.4 is 5.32 Å². The second-order valence-corrected chi connectivity index (χ2v) is 5.56. The van der Waals surface area contributed by atoms with Crippen molar-refractivity contribution < 1.29 is 9.53 Å². The summed E-state index contributed by atoms with van der Waals surface area (Å²) in [6.07, 6.45) is 3.07. The number of nitrogens with one attached hydrogen (secondary N) is 1. The lowest BCUT2D eigenvalue weighted by Gasteiger charge is -2.33. The van der Waals surface area contributed by atoms with Gasteiger partial charge >= 0.3 is 0 Å². The van der Waals surface area contributed by atoms with Crippen LogP contribution in [0, 0.1) is 5.92 Å². The Labute approximate surface area is 111 Å². The van der Waals surface area contributed by atoms with Crippen molar-refractivity contribution >= 4 is 5.91 Å². The molecule has 0 aromatic carbocycles. The van der Waals surface area contributed by atoms with Crippen molar-refractivity contribution in [3.05, 3.63) is 0 Å². The average Bonchev–Trinajstić information content (AvgIpc) is 2.32. The van der Waals surface area contributed by atoms with E-state index in [2.05, 4.69) is 26.1 Å². The van der Waals surface area contributed by atoms with E-state index < -0.39 is 0 Å². The molecule has 4 nitrogen and oxygen atoms in total. The SMILES string of the molecule is COCCN(C(=O)CC1NCCCC1C)C(C)C. The van der Waals surface area contributed by atoms with E-state index in [1.165, 1.54) is 12.8 Å². The van der Waals surface area contributed by atoms with Crippen molar-refractivity contribution in [2.75, 3.05) is 26.8 Å². The standard InChI is InChI=1S/C14H28N2O2/c1-11(2)16(8-9-18-4)14(17)10-13-12(3)6-5-7-15-13/h11-13,15H,5-10H2,1-4H3. The summed E-state index contributed by atoms with van der Waals surface area (Å²) in [5, 5.41) is 3.47. The van der Waals surface area contributed by atoms with Gasteiger partial charge in [-0.1, -0.05) is 6.92 Å². The van der Waals surface area contributed by atoms with E-state index >= 15 is 0 Å². The maximum atomic E-state index is 12.3. The topological polar surface area (TPSA) is 41.6 Å². The largest absolute Gasteiger partial charge is 0.383 e. The molecular formula is C14H28N2O2. The van der Waals surface area contributed by atoms with Crippen molar-refractivity contribution in [1.82, 2.24) is 10.2 Å². The van der Waals surface area contributed by atoms with Gasteiger partial charge in [0.05, 0.1) is 6.61 Å². The molecule has 18 heavy (non-hydrogen) atoms. The molecule has 1 aliphatic heterocycles. The van der Waals surface area contributed by atoms with Crippen molar-refractivity contribution in [2.45, 2.75) is 52.1 Å². The fraction of sp³-hybridized carbons (Fsp3) is 0.929. The van der Waals surface area contributed by atoms with E-state index in [4.69, 9.17) is 4.74 Å². The zero-order valence-corrected chi connectivity index (χ0v) is 12.2. The smallest absolute Gasteiger partial charge is 0.224 e. The summed E-state index contributed by atoms with van der Waals surface area (Å²) in [4.78, 5) is 14.3. The summed E-state index contributed by atoms with van der Waals surface area (Å²) in [5.74, 6) is 0.840. The number of carbonyl (C=O) groups is 1. The lowest BCUT2D eigenvalue weighted by Crippen LogP contribution is -2.46. The molecule has 1 heterocycles. The monoisotopic (exact) mass is 256 g/mol. The van der Waals surface area contributed by atoms with Crippen LogP contribution in [-0.4, -0.2) is 49.7 Å².